The Kier molecular flexibility index (Phi) is 2.24. The van der Waals surface area contributed by atoms with Gasteiger partial charge in [-0.1, -0.05) is 6.07 Å². The number of aromatic amines is 1. The Morgan fingerprint density at radius 1 is 1.47 bits per heavy atom. The van der Waals surface area contributed by atoms with Crippen LogP contribution in [0.15, 0.2) is 23.0 Å². The largest absolute Gasteiger partial charge is 0.326 e. The lowest BCUT2D eigenvalue weighted by molar-refractivity contribution is 0.598. The van der Waals surface area contributed by atoms with E-state index in [-0.39, 0.29) is 11.7 Å². The Morgan fingerprint density at radius 3 is 2.80 bits per heavy atom. The fourth-order valence-corrected chi connectivity index (χ4v) is 1.78. The van der Waals surface area contributed by atoms with E-state index >= 15 is 0 Å². The number of nitrogens with one attached hydrogen (secondary N) is 2. The highest BCUT2D eigenvalue weighted by Crippen LogP contribution is 2.21. The highest BCUT2D eigenvalue weighted by atomic mass is 16.1. The molecule has 0 spiro atoms. The third-order valence-electron chi connectivity index (χ3n) is 2.42. The van der Waals surface area contributed by atoms with Gasteiger partial charge < -0.3 is 10.4 Å². The molecule has 0 bridgehead atoms. The van der Waals surface area contributed by atoms with Crippen LogP contribution >= 0.6 is 0 Å². The molecule has 0 aliphatic heterocycles. The molecule has 0 amide bonds. The van der Waals surface area contributed by atoms with E-state index in [1.54, 1.807) is 4.57 Å². The van der Waals surface area contributed by atoms with Crippen LogP contribution in [0.1, 0.15) is 19.9 Å². The van der Waals surface area contributed by atoms with E-state index in [0.717, 1.165) is 16.7 Å². The van der Waals surface area contributed by atoms with Crippen LogP contribution < -0.4 is 17.0 Å². The normalized spacial score (nSPS) is 11.2. The summed E-state index contributed by atoms with van der Waals surface area (Å²) in [5, 5.41) is 0. The maximum Gasteiger partial charge on any atom is 0.326 e. The third kappa shape index (κ3) is 1.41. The van der Waals surface area contributed by atoms with Crippen LogP contribution in [0.2, 0.25) is 0 Å². The van der Waals surface area contributed by atoms with Gasteiger partial charge in [0.15, 0.2) is 0 Å². The first-order chi connectivity index (χ1) is 7.15. The summed E-state index contributed by atoms with van der Waals surface area (Å²) in [7, 11) is 0. The van der Waals surface area contributed by atoms with Crippen molar-refractivity contribution in [3.8, 4) is 0 Å². The minimum atomic E-state index is -0.109. The summed E-state index contributed by atoms with van der Waals surface area (Å²) < 4.78 is 1.70. The van der Waals surface area contributed by atoms with Gasteiger partial charge in [0, 0.05) is 6.04 Å². The van der Waals surface area contributed by atoms with E-state index in [1.165, 1.54) is 0 Å². The number of fused-ring (bicyclic) bond motifs is 1. The van der Waals surface area contributed by atoms with Gasteiger partial charge in [0.05, 0.1) is 16.7 Å². The molecule has 0 fully saturated rings. The molecule has 5 heteroatoms. The van der Waals surface area contributed by atoms with Crippen molar-refractivity contribution < 1.29 is 0 Å². The molecule has 0 aliphatic carbocycles. The van der Waals surface area contributed by atoms with E-state index in [4.69, 9.17) is 5.84 Å². The summed E-state index contributed by atoms with van der Waals surface area (Å²) in [6.45, 7) is 3.94. The minimum Gasteiger partial charge on any atom is -0.322 e. The van der Waals surface area contributed by atoms with Gasteiger partial charge in [-0.2, -0.15) is 0 Å². The van der Waals surface area contributed by atoms with Crippen molar-refractivity contribution >= 4 is 16.7 Å². The maximum absolute atomic E-state index is 11.7. The van der Waals surface area contributed by atoms with Crippen LogP contribution in [0, 0.1) is 0 Å². The SMILES string of the molecule is CC(C)n1c(=O)[nH]c2c(NN)cccc21. The van der Waals surface area contributed by atoms with Crippen LogP contribution in [-0.2, 0) is 0 Å². The standard InChI is InChI=1S/C10H14N4O/c1-6(2)14-8-5-3-4-7(13-11)9(8)12-10(14)15/h3-6,13H,11H2,1-2H3,(H,12,15). The number of rotatable bonds is 2. The molecule has 80 valence electrons. The molecule has 1 aromatic carbocycles. The maximum atomic E-state index is 11.7. The summed E-state index contributed by atoms with van der Waals surface area (Å²) in [4.78, 5) is 14.5. The van der Waals surface area contributed by atoms with Crippen molar-refractivity contribution in [1.29, 1.82) is 0 Å². The van der Waals surface area contributed by atoms with Crippen LogP contribution in [0.3, 0.4) is 0 Å². The average Bonchev–Trinajstić information content (AvgIpc) is 2.53. The van der Waals surface area contributed by atoms with Gasteiger partial charge in [-0.15, -0.1) is 0 Å². The van der Waals surface area contributed by atoms with Crippen LogP contribution in [-0.4, -0.2) is 9.55 Å². The average molecular weight is 206 g/mol. The highest BCUT2D eigenvalue weighted by molar-refractivity contribution is 5.88. The molecule has 0 unspecified atom stereocenters. The van der Waals surface area contributed by atoms with E-state index < -0.39 is 0 Å². The number of nitrogen functional groups attached to an aromatic ring is 1. The number of imidazole rings is 1. The second-order valence-corrected chi connectivity index (χ2v) is 3.74. The predicted molar refractivity (Wildman–Crippen MR) is 60.8 cm³/mol. The fraction of sp³-hybridized carbons (Fsp3) is 0.300. The Bertz CT molecular complexity index is 538. The summed E-state index contributed by atoms with van der Waals surface area (Å²) in [5.74, 6) is 5.37. The van der Waals surface area contributed by atoms with Gasteiger partial charge in [-0.05, 0) is 26.0 Å². The van der Waals surface area contributed by atoms with Crippen LogP contribution in [0.4, 0.5) is 5.69 Å². The molecular formula is C10H14N4O. The van der Waals surface area contributed by atoms with Gasteiger partial charge in [-0.3, -0.25) is 10.4 Å². The lowest BCUT2D eigenvalue weighted by atomic mass is 10.2. The molecule has 0 aliphatic rings. The molecule has 0 atom stereocenters. The third-order valence-corrected chi connectivity index (χ3v) is 2.42. The van der Waals surface area contributed by atoms with Crippen molar-refractivity contribution in [2.45, 2.75) is 19.9 Å². The van der Waals surface area contributed by atoms with Crippen molar-refractivity contribution in [2.75, 3.05) is 5.43 Å². The Morgan fingerprint density at radius 2 is 2.20 bits per heavy atom. The van der Waals surface area contributed by atoms with E-state index in [0.29, 0.717) is 0 Å². The lowest BCUT2D eigenvalue weighted by Crippen LogP contribution is -2.18. The second kappa shape index (κ2) is 3.43. The first-order valence-corrected chi connectivity index (χ1v) is 4.85. The number of nitrogens with two attached hydrogens (primary N) is 1. The quantitative estimate of drug-likeness (QED) is 0.510. The molecular weight excluding hydrogens is 192 g/mol. The molecule has 4 N–H and O–H groups in total. The number of hydrazine groups is 1. The van der Waals surface area contributed by atoms with Crippen molar-refractivity contribution in [2.24, 2.45) is 5.84 Å². The Hall–Kier alpha value is -1.75. The molecule has 0 radical (unpaired) electrons. The zero-order valence-electron chi connectivity index (χ0n) is 8.74. The van der Waals surface area contributed by atoms with Gasteiger partial charge in [0.1, 0.15) is 0 Å². The second-order valence-electron chi connectivity index (χ2n) is 3.74. The summed E-state index contributed by atoms with van der Waals surface area (Å²) in [5.41, 5.74) is 4.80. The first-order valence-electron chi connectivity index (χ1n) is 4.85. The molecule has 2 aromatic rings. The predicted octanol–water partition coefficient (Wildman–Crippen LogP) is 1.20. The van der Waals surface area contributed by atoms with Crippen molar-refractivity contribution in [3.05, 3.63) is 28.7 Å². The summed E-state index contributed by atoms with van der Waals surface area (Å²) in [6.07, 6.45) is 0. The molecule has 0 saturated heterocycles. The van der Waals surface area contributed by atoms with E-state index in [9.17, 15) is 4.79 Å². The Balaban J connectivity index is 2.84. The molecule has 0 saturated carbocycles. The molecule has 1 aromatic heterocycles. The number of anilines is 1. The minimum absolute atomic E-state index is 0.109. The molecule has 1 heterocycles. The number of nitrogens with zero attached hydrogens (tertiary/aromatic N) is 1. The zero-order chi connectivity index (χ0) is 11.0. The molecule has 5 nitrogen and oxygen atoms in total. The summed E-state index contributed by atoms with van der Waals surface area (Å²) in [6, 6.07) is 5.71. The lowest BCUT2D eigenvalue weighted by Gasteiger charge is -2.07. The highest BCUT2D eigenvalue weighted by Gasteiger charge is 2.11. The topological polar surface area (TPSA) is 75.8 Å². The fourth-order valence-electron chi connectivity index (χ4n) is 1.78. The monoisotopic (exact) mass is 206 g/mol. The van der Waals surface area contributed by atoms with E-state index in [1.807, 2.05) is 32.0 Å². The van der Waals surface area contributed by atoms with E-state index in [2.05, 4.69) is 10.4 Å². The first kappa shape index (κ1) is 9.79. The van der Waals surface area contributed by atoms with Crippen molar-refractivity contribution in [1.82, 2.24) is 9.55 Å². The number of para-hydroxylation sites is 1. The van der Waals surface area contributed by atoms with Gasteiger partial charge in [-0.25, -0.2) is 4.79 Å². The number of hydrogen-bond donors (Lipinski definition) is 3. The molecule has 15 heavy (non-hydrogen) atoms. The molecule has 2 rings (SSSR count). The smallest absolute Gasteiger partial charge is 0.322 e. The van der Waals surface area contributed by atoms with Gasteiger partial charge in [0.2, 0.25) is 0 Å². The van der Waals surface area contributed by atoms with Crippen molar-refractivity contribution in [3.63, 3.8) is 0 Å². The number of benzene rings is 1. The number of H-pyrrole nitrogens is 1. The number of hydrogen-bond acceptors (Lipinski definition) is 3. The van der Waals surface area contributed by atoms with Crippen LogP contribution in [0.5, 0.6) is 0 Å². The van der Waals surface area contributed by atoms with Gasteiger partial charge in [0.25, 0.3) is 0 Å². The zero-order valence-corrected chi connectivity index (χ0v) is 8.74. The van der Waals surface area contributed by atoms with Gasteiger partial charge >= 0.3 is 5.69 Å². The van der Waals surface area contributed by atoms with Crippen LogP contribution in [0.25, 0.3) is 11.0 Å². The summed E-state index contributed by atoms with van der Waals surface area (Å²) >= 11 is 0. The Labute approximate surface area is 86.9 Å². The number of aromatic nitrogens is 2.